The van der Waals surface area contributed by atoms with Crippen LogP contribution in [0.1, 0.15) is 10.5 Å². The largest absolute Gasteiger partial charge is 0.476 e. The number of aromatic nitrogens is 3. The molecule has 1 N–H and O–H groups in total. The summed E-state index contributed by atoms with van der Waals surface area (Å²) in [6, 6.07) is 8.14. The monoisotopic (exact) mass is 307 g/mol. The summed E-state index contributed by atoms with van der Waals surface area (Å²) in [4.78, 5) is 15.1. The highest BCUT2D eigenvalue weighted by atomic mass is 35.5. The first-order valence-electron chi connectivity index (χ1n) is 5.60. The number of hydrogen-bond acceptors (Lipinski definition) is 3. The SMILES string of the molecule is O=C(O)c1cc2nccc(-c3cc(Cl)ccc3Cl)n2n1. The summed E-state index contributed by atoms with van der Waals surface area (Å²) in [7, 11) is 0. The van der Waals surface area contributed by atoms with E-state index in [0.717, 1.165) is 0 Å². The Balaban J connectivity index is 2.30. The summed E-state index contributed by atoms with van der Waals surface area (Å²) in [5.74, 6) is -1.11. The number of carbonyl (C=O) groups is 1. The van der Waals surface area contributed by atoms with Gasteiger partial charge in [0.15, 0.2) is 11.3 Å². The lowest BCUT2D eigenvalue weighted by atomic mass is 10.1. The molecule has 20 heavy (non-hydrogen) atoms. The van der Waals surface area contributed by atoms with Crippen LogP contribution >= 0.6 is 23.2 Å². The molecule has 0 saturated heterocycles. The number of aromatic carboxylic acids is 1. The minimum atomic E-state index is -1.11. The van der Waals surface area contributed by atoms with E-state index in [2.05, 4.69) is 10.1 Å². The van der Waals surface area contributed by atoms with Crippen LogP contribution in [0.5, 0.6) is 0 Å². The van der Waals surface area contributed by atoms with Crippen LogP contribution < -0.4 is 0 Å². The smallest absolute Gasteiger partial charge is 0.356 e. The zero-order valence-corrected chi connectivity index (χ0v) is 11.4. The molecule has 0 aliphatic rings. The molecule has 0 aliphatic heterocycles. The highest BCUT2D eigenvalue weighted by Gasteiger charge is 2.14. The minimum Gasteiger partial charge on any atom is -0.476 e. The van der Waals surface area contributed by atoms with E-state index >= 15 is 0 Å². The van der Waals surface area contributed by atoms with Crippen molar-refractivity contribution in [3.05, 3.63) is 52.3 Å². The molecule has 0 aliphatic carbocycles. The Hall–Kier alpha value is -2.11. The molecule has 0 radical (unpaired) electrons. The molecule has 7 heteroatoms. The first-order chi connectivity index (χ1) is 9.56. The van der Waals surface area contributed by atoms with Gasteiger partial charge >= 0.3 is 5.97 Å². The molecule has 0 atom stereocenters. The van der Waals surface area contributed by atoms with Crippen LogP contribution in [0.2, 0.25) is 10.0 Å². The normalized spacial score (nSPS) is 10.9. The van der Waals surface area contributed by atoms with Crippen LogP contribution in [0.4, 0.5) is 0 Å². The lowest BCUT2D eigenvalue weighted by molar-refractivity contribution is 0.0690. The van der Waals surface area contributed by atoms with E-state index in [0.29, 0.717) is 26.9 Å². The highest BCUT2D eigenvalue weighted by Crippen LogP contribution is 2.30. The van der Waals surface area contributed by atoms with Gasteiger partial charge in [-0.15, -0.1) is 0 Å². The molecule has 0 amide bonds. The Labute approximate surface area is 123 Å². The van der Waals surface area contributed by atoms with Gasteiger partial charge in [0.2, 0.25) is 0 Å². The van der Waals surface area contributed by atoms with Gasteiger partial charge in [0.05, 0.1) is 10.7 Å². The van der Waals surface area contributed by atoms with Gasteiger partial charge in [-0.1, -0.05) is 23.2 Å². The number of fused-ring (bicyclic) bond motifs is 1. The number of rotatable bonds is 2. The molecular weight excluding hydrogens is 301 g/mol. The van der Waals surface area contributed by atoms with Gasteiger partial charge in [0.25, 0.3) is 0 Å². The van der Waals surface area contributed by atoms with Crippen molar-refractivity contribution < 1.29 is 9.90 Å². The van der Waals surface area contributed by atoms with Gasteiger partial charge in [-0.05, 0) is 24.3 Å². The maximum absolute atomic E-state index is 11.0. The molecule has 0 bridgehead atoms. The second-order valence-electron chi connectivity index (χ2n) is 4.06. The predicted octanol–water partition coefficient (Wildman–Crippen LogP) is 3.40. The maximum atomic E-state index is 11.0. The van der Waals surface area contributed by atoms with Crippen molar-refractivity contribution in [2.45, 2.75) is 0 Å². The number of carboxylic acid groups (broad SMARTS) is 1. The topological polar surface area (TPSA) is 67.5 Å². The van der Waals surface area contributed by atoms with Crippen molar-refractivity contribution in [3.8, 4) is 11.3 Å². The third-order valence-corrected chi connectivity index (χ3v) is 3.35. The van der Waals surface area contributed by atoms with Crippen LogP contribution in [0.3, 0.4) is 0 Å². The van der Waals surface area contributed by atoms with Crippen molar-refractivity contribution in [2.75, 3.05) is 0 Å². The molecule has 3 aromatic rings. The van der Waals surface area contributed by atoms with Crippen molar-refractivity contribution >= 4 is 34.8 Å². The van der Waals surface area contributed by atoms with Crippen LogP contribution in [0.15, 0.2) is 36.5 Å². The van der Waals surface area contributed by atoms with E-state index < -0.39 is 5.97 Å². The average Bonchev–Trinajstić information content (AvgIpc) is 2.85. The molecule has 5 nitrogen and oxygen atoms in total. The molecule has 0 saturated carbocycles. The summed E-state index contributed by atoms with van der Waals surface area (Å²) >= 11 is 12.1. The van der Waals surface area contributed by atoms with E-state index in [1.807, 2.05) is 0 Å². The third-order valence-electron chi connectivity index (χ3n) is 2.78. The molecule has 100 valence electrons. The number of carboxylic acids is 1. The summed E-state index contributed by atoms with van der Waals surface area (Å²) in [5.41, 5.74) is 1.63. The zero-order chi connectivity index (χ0) is 14.3. The number of hydrogen-bond donors (Lipinski definition) is 1. The third kappa shape index (κ3) is 2.11. The first kappa shape index (κ1) is 12.9. The van der Waals surface area contributed by atoms with Crippen LogP contribution in [0.25, 0.3) is 16.9 Å². The lowest BCUT2D eigenvalue weighted by Crippen LogP contribution is -2.00. The standard InChI is InChI=1S/C13H7Cl2N3O2/c14-7-1-2-9(15)8(5-7)11-3-4-16-12-6-10(13(19)20)17-18(11)12/h1-6H,(H,19,20). The lowest BCUT2D eigenvalue weighted by Gasteiger charge is -2.07. The Morgan fingerprint density at radius 3 is 2.75 bits per heavy atom. The van der Waals surface area contributed by atoms with Gasteiger partial charge in [-0.25, -0.2) is 14.3 Å². The number of benzene rings is 1. The highest BCUT2D eigenvalue weighted by molar-refractivity contribution is 6.35. The van der Waals surface area contributed by atoms with Gasteiger partial charge in [0.1, 0.15) is 0 Å². The molecule has 0 unspecified atom stereocenters. The number of halogens is 2. The second kappa shape index (κ2) is 4.77. The Morgan fingerprint density at radius 2 is 2.00 bits per heavy atom. The zero-order valence-electron chi connectivity index (χ0n) is 9.92. The first-order valence-corrected chi connectivity index (χ1v) is 6.35. The summed E-state index contributed by atoms with van der Waals surface area (Å²) in [6.45, 7) is 0. The van der Waals surface area contributed by atoms with E-state index in [1.54, 1.807) is 30.5 Å². The number of nitrogens with zero attached hydrogens (tertiary/aromatic N) is 3. The van der Waals surface area contributed by atoms with E-state index in [1.165, 1.54) is 10.6 Å². The summed E-state index contributed by atoms with van der Waals surface area (Å²) in [5, 5.41) is 14.0. The molecule has 2 heterocycles. The molecule has 2 aromatic heterocycles. The second-order valence-corrected chi connectivity index (χ2v) is 4.90. The maximum Gasteiger partial charge on any atom is 0.356 e. The quantitative estimate of drug-likeness (QED) is 0.788. The van der Waals surface area contributed by atoms with E-state index in [-0.39, 0.29) is 5.69 Å². The molecule has 0 spiro atoms. The fourth-order valence-electron chi connectivity index (χ4n) is 1.90. The van der Waals surface area contributed by atoms with Crippen molar-refractivity contribution in [2.24, 2.45) is 0 Å². The Morgan fingerprint density at radius 1 is 1.20 bits per heavy atom. The molecule has 1 aromatic carbocycles. The van der Waals surface area contributed by atoms with Gasteiger partial charge < -0.3 is 5.11 Å². The van der Waals surface area contributed by atoms with E-state index in [9.17, 15) is 4.79 Å². The summed E-state index contributed by atoms with van der Waals surface area (Å²) in [6.07, 6.45) is 1.56. The van der Waals surface area contributed by atoms with E-state index in [4.69, 9.17) is 28.3 Å². The summed E-state index contributed by atoms with van der Waals surface area (Å²) < 4.78 is 1.43. The van der Waals surface area contributed by atoms with Gasteiger partial charge in [-0.2, -0.15) is 5.10 Å². The van der Waals surface area contributed by atoms with Crippen molar-refractivity contribution in [3.63, 3.8) is 0 Å². The van der Waals surface area contributed by atoms with Crippen LogP contribution in [-0.2, 0) is 0 Å². The van der Waals surface area contributed by atoms with Gasteiger partial charge in [-0.3, -0.25) is 0 Å². The molecule has 0 fully saturated rings. The van der Waals surface area contributed by atoms with Gasteiger partial charge in [0, 0.05) is 22.8 Å². The average molecular weight is 308 g/mol. The Bertz CT molecular complexity index is 830. The molecule has 3 rings (SSSR count). The Kier molecular flexibility index (Phi) is 3.08. The fourth-order valence-corrected chi connectivity index (χ4v) is 2.28. The fraction of sp³-hybridized carbons (Fsp3) is 0. The predicted molar refractivity (Wildman–Crippen MR) is 75.4 cm³/mol. The van der Waals surface area contributed by atoms with Crippen molar-refractivity contribution in [1.82, 2.24) is 14.6 Å². The molecular formula is C13H7Cl2N3O2. The minimum absolute atomic E-state index is 0.0805. The van der Waals surface area contributed by atoms with Crippen molar-refractivity contribution in [1.29, 1.82) is 0 Å². The van der Waals surface area contributed by atoms with Crippen LogP contribution in [0, 0.1) is 0 Å². The van der Waals surface area contributed by atoms with Crippen LogP contribution in [-0.4, -0.2) is 25.7 Å².